The highest BCUT2D eigenvalue weighted by molar-refractivity contribution is 9.10. The van der Waals surface area contributed by atoms with Gasteiger partial charge in [0.2, 0.25) is 0 Å². The van der Waals surface area contributed by atoms with Crippen LogP contribution in [0.1, 0.15) is 19.4 Å². The van der Waals surface area contributed by atoms with Crippen molar-refractivity contribution in [1.82, 2.24) is 4.57 Å². The highest BCUT2D eigenvalue weighted by Gasteiger charge is 2.34. The van der Waals surface area contributed by atoms with Crippen molar-refractivity contribution in [1.29, 1.82) is 0 Å². The Bertz CT molecular complexity index is 477. The highest BCUT2D eigenvalue weighted by Crippen LogP contribution is 2.23. The second-order valence-corrected chi connectivity index (χ2v) is 5.02. The number of pyridine rings is 1. The Morgan fingerprint density at radius 1 is 1.50 bits per heavy atom. The van der Waals surface area contributed by atoms with E-state index in [-0.39, 0.29) is 5.56 Å². The Kier molecular flexibility index (Phi) is 3.57. The van der Waals surface area contributed by atoms with Crippen LogP contribution in [0.5, 0.6) is 0 Å². The summed E-state index contributed by atoms with van der Waals surface area (Å²) in [5, 5.41) is 0. The molecule has 5 heteroatoms. The number of hydrogen-bond donors (Lipinski definition) is 0. The molecule has 88 valence electrons. The van der Waals surface area contributed by atoms with Gasteiger partial charge in [0.25, 0.3) is 5.56 Å². The van der Waals surface area contributed by atoms with Crippen LogP contribution in [0.4, 0.5) is 0 Å². The van der Waals surface area contributed by atoms with Crippen LogP contribution in [-0.4, -0.2) is 17.6 Å². The number of halogens is 1. The van der Waals surface area contributed by atoms with Crippen molar-refractivity contribution in [3.63, 3.8) is 0 Å². The number of rotatable bonds is 2. The molecule has 0 aliphatic carbocycles. The van der Waals surface area contributed by atoms with Gasteiger partial charge in [-0.2, -0.15) is 0 Å². The van der Waals surface area contributed by atoms with Crippen molar-refractivity contribution < 1.29 is 9.53 Å². The predicted octanol–water partition coefficient (Wildman–Crippen LogP) is 1.60. The molecular formula is C11H14BrNO3. The summed E-state index contributed by atoms with van der Waals surface area (Å²) in [6.07, 6.45) is 1.65. The van der Waals surface area contributed by atoms with Crippen LogP contribution in [0.25, 0.3) is 0 Å². The molecule has 4 nitrogen and oxygen atoms in total. The number of aromatic nitrogens is 1. The zero-order valence-electron chi connectivity index (χ0n) is 9.70. The summed E-state index contributed by atoms with van der Waals surface area (Å²) < 4.78 is 6.89. The molecule has 0 amide bonds. The van der Waals surface area contributed by atoms with Gasteiger partial charge in [0.05, 0.1) is 12.5 Å². The molecule has 0 saturated carbocycles. The van der Waals surface area contributed by atoms with Gasteiger partial charge in [0.15, 0.2) is 0 Å². The number of nitrogens with zero attached hydrogens (tertiary/aromatic N) is 1. The highest BCUT2D eigenvalue weighted by atomic mass is 79.9. The van der Waals surface area contributed by atoms with E-state index in [4.69, 9.17) is 4.74 Å². The first-order valence-corrected chi connectivity index (χ1v) is 5.55. The summed E-state index contributed by atoms with van der Waals surface area (Å²) >= 11 is 3.30. The summed E-state index contributed by atoms with van der Waals surface area (Å²) in [5.41, 5.74) is -0.734. The molecule has 0 radical (unpaired) electrons. The fourth-order valence-electron chi connectivity index (χ4n) is 1.48. The Labute approximate surface area is 102 Å². The summed E-state index contributed by atoms with van der Waals surface area (Å²) in [4.78, 5) is 23.5. The molecule has 0 bridgehead atoms. The molecule has 1 aromatic rings. The van der Waals surface area contributed by atoms with Gasteiger partial charge >= 0.3 is 5.97 Å². The normalized spacial score (nSPS) is 11.3. The third-order valence-electron chi connectivity index (χ3n) is 2.52. The van der Waals surface area contributed by atoms with Crippen molar-refractivity contribution >= 4 is 21.9 Å². The topological polar surface area (TPSA) is 48.3 Å². The van der Waals surface area contributed by atoms with Crippen molar-refractivity contribution in [3.05, 3.63) is 32.7 Å². The molecule has 0 fully saturated rings. The molecule has 0 unspecified atom stereocenters. The molecule has 16 heavy (non-hydrogen) atoms. The number of esters is 1. The van der Waals surface area contributed by atoms with Gasteiger partial charge in [0.1, 0.15) is 0 Å². The molecule has 1 rings (SSSR count). The van der Waals surface area contributed by atoms with E-state index < -0.39 is 11.4 Å². The number of aryl methyl sites for hydroxylation is 1. The van der Waals surface area contributed by atoms with Crippen molar-refractivity contribution in [3.8, 4) is 0 Å². The molecule has 1 aromatic heterocycles. The van der Waals surface area contributed by atoms with Crippen molar-refractivity contribution in [2.45, 2.75) is 19.3 Å². The lowest BCUT2D eigenvalue weighted by Gasteiger charge is -2.21. The lowest BCUT2D eigenvalue weighted by molar-refractivity contribution is -0.146. The first-order valence-electron chi connectivity index (χ1n) is 4.75. The molecule has 0 aromatic carbocycles. The third kappa shape index (κ3) is 2.19. The third-order valence-corrected chi connectivity index (χ3v) is 2.95. The van der Waals surface area contributed by atoms with E-state index >= 15 is 0 Å². The van der Waals surface area contributed by atoms with E-state index in [1.807, 2.05) is 0 Å². The zero-order valence-corrected chi connectivity index (χ0v) is 11.3. The Morgan fingerprint density at radius 2 is 2.06 bits per heavy atom. The van der Waals surface area contributed by atoms with E-state index in [2.05, 4.69) is 15.9 Å². The van der Waals surface area contributed by atoms with Gasteiger partial charge in [-0.15, -0.1) is 0 Å². The minimum Gasteiger partial charge on any atom is -0.468 e. The number of carbonyl (C=O) groups is 1. The van der Waals surface area contributed by atoms with Crippen LogP contribution >= 0.6 is 15.9 Å². The smallest absolute Gasteiger partial charge is 0.315 e. The van der Waals surface area contributed by atoms with Gasteiger partial charge in [-0.1, -0.05) is 0 Å². The minimum absolute atomic E-state index is 0.196. The first kappa shape index (κ1) is 13.0. The lowest BCUT2D eigenvalue weighted by atomic mass is 9.85. The van der Waals surface area contributed by atoms with Crippen LogP contribution in [-0.2, 0) is 22.0 Å². The van der Waals surface area contributed by atoms with E-state index in [0.717, 1.165) is 4.47 Å². The summed E-state index contributed by atoms with van der Waals surface area (Å²) in [6, 6.07) is 1.65. The van der Waals surface area contributed by atoms with Gasteiger partial charge in [-0.25, -0.2) is 0 Å². The maximum absolute atomic E-state index is 11.9. The second kappa shape index (κ2) is 4.41. The fourth-order valence-corrected chi connectivity index (χ4v) is 2.02. The molecule has 0 atom stereocenters. The molecule has 0 saturated heterocycles. The van der Waals surface area contributed by atoms with Crippen molar-refractivity contribution in [2.75, 3.05) is 7.11 Å². The SMILES string of the molecule is COC(=O)C(C)(C)c1cc(Br)cn(C)c1=O. The number of hydrogen-bond acceptors (Lipinski definition) is 3. The van der Waals surface area contributed by atoms with E-state index in [1.54, 1.807) is 33.2 Å². The molecular weight excluding hydrogens is 274 g/mol. The Hall–Kier alpha value is -1.10. The molecule has 0 aliphatic heterocycles. The summed E-state index contributed by atoms with van der Waals surface area (Å²) in [5.74, 6) is -0.428. The van der Waals surface area contributed by atoms with Gasteiger partial charge in [-0.3, -0.25) is 9.59 Å². The average molecular weight is 288 g/mol. The zero-order chi connectivity index (χ0) is 12.5. The Morgan fingerprint density at radius 3 is 2.56 bits per heavy atom. The summed E-state index contributed by atoms with van der Waals surface area (Å²) in [7, 11) is 2.95. The van der Waals surface area contributed by atoms with E-state index in [1.165, 1.54) is 11.7 Å². The van der Waals surface area contributed by atoms with Gasteiger partial charge < -0.3 is 9.30 Å². The Balaban J connectivity index is 3.44. The average Bonchev–Trinajstić information content (AvgIpc) is 2.21. The van der Waals surface area contributed by atoms with Crippen LogP contribution < -0.4 is 5.56 Å². The molecule has 0 aliphatic rings. The molecule has 1 heterocycles. The molecule has 0 spiro atoms. The quantitative estimate of drug-likeness (QED) is 0.777. The summed E-state index contributed by atoms with van der Waals surface area (Å²) in [6.45, 7) is 3.34. The van der Waals surface area contributed by atoms with Gasteiger partial charge in [0, 0.05) is 23.3 Å². The monoisotopic (exact) mass is 287 g/mol. The fraction of sp³-hybridized carbons (Fsp3) is 0.455. The lowest BCUT2D eigenvalue weighted by Crippen LogP contribution is -2.37. The number of methoxy groups -OCH3 is 1. The van der Waals surface area contributed by atoms with E-state index in [0.29, 0.717) is 5.56 Å². The number of carbonyl (C=O) groups excluding carboxylic acids is 1. The maximum atomic E-state index is 11.9. The minimum atomic E-state index is -0.951. The largest absolute Gasteiger partial charge is 0.468 e. The molecule has 0 N–H and O–H groups in total. The van der Waals surface area contributed by atoms with Crippen molar-refractivity contribution in [2.24, 2.45) is 7.05 Å². The van der Waals surface area contributed by atoms with E-state index in [9.17, 15) is 9.59 Å². The first-order chi connectivity index (χ1) is 7.30. The standard InChI is InChI=1S/C11H14BrNO3/c1-11(2,10(15)16-4)8-5-7(12)6-13(3)9(8)14/h5-6H,1-4H3. The van der Waals surface area contributed by atoms with Crippen LogP contribution in [0.15, 0.2) is 21.5 Å². The van der Waals surface area contributed by atoms with Crippen LogP contribution in [0, 0.1) is 0 Å². The van der Waals surface area contributed by atoms with Gasteiger partial charge in [-0.05, 0) is 35.8 Å². The van der Waals surface area contributed by atoms with Crippen LogP contribution in [0.3, 0.4) is 0 Å². The predicted molar refractivity (Wildman–Crippen MR) is 64.4 cm³/mol. The van der Waals surface area contributed by atoms with Crippen LogP contribution in [0.2, 0.25) is 0 Å². The second-order valence-electron chi connectivity index (χ2n) is 4.10. The number of ether oxygens (including phenoxy) is 1. The maximum Gasteiger partial charge on any atom is 0.315 e.